The predicted octanol–water partition coefficient (Wildman–Crippen LogP) is 4.41. The van der Waals surface area contributed by atoms with Crippen LogP contribution in [0.25, 0.3) is 10.6 Å². The van der Waals surface area contributed by atoms with Crippen molar-refractivity contribution in [1.29, 1.82) is 5.26 Å². The summed E-state index contributed by atoms with van der Waals surface area (Å²) in [6, 6.07) is 3.42. The molecule has 1 aliphatic heterocycles. The Morgan fingerprint density at radius 1 is 1.29 bits per heavy atom. The second kappa shape index (κ2) is 8.86. The molecule has 0 unspecified atom stereocenters. The third-order valence-corrected chi connectivity index (χ3v) is 6.74. The molecule has 162 valence electrons. The van der Waals surface area contributed by atoms with Gasteiger partial charge >= 0.3 is 6.18 Å². The largest absolute Gasteiger partial charge is 0.420 e. The zero-order valence-corrected chi connectivity index (χ0v) is 18.1. The standard InChI is InChI=1S/C19H18F3N7S2/c1-28-10-14(8-25-28)31-29-4-2-13(3-5-29)26-18-24-9-15(19(20,21)22)17(27-18)16-6-12(7-23)11-30-16/h6,8-11,13H,2-5H2,1H3,(H,24,26,27). The molecule has 0 aliphatic carbocycles. The average molecular weight is 466 g/mol. The Balaban J connectivity index is 1.45. The van der Waals surface area contributed by atoms with Crippen molar-refractivity contribution in [3.8, 4) is 16.6 Å². The van der Waals surface area contributed by atoms with Gasteiger partial charge in [0.15, 0.2) is 0 Å². The Bertz CT molecular complexity index is 1090. The summed E-state index contributed by atoms with van der Waals surface area (Å²) in [5, 5.41) is 17.8. The van der Waals surface area contributed by atoms with E-state index in [4.69, 9.17) is 5.26 Å². The Labute approximate surface area is 185 Å². The number of alkyl halides is 3. The quantitative estimate of drug-likeness (QED) is 0.559. The van der Waals surface area contributed by atoms with Gasteiger partial charge in [0.05, 0.1) is 27.2 Å². The van der Waals surface area contributed by atoms with E-state index >= 15 is 0 Å². The third kappa shape index (κ3) is 5.17. The van der Waals surface area contributed by atoms with Gasteiger partial charge in [0.25, 0.3) is 0 Å². The number of piperidine rings is 1. The normalized spacial score (nSPS) is 15.7. The first kappa shape index (κ1) is 21.6. The van der Waals surface area contributed by atoms with Crippen molar-refractivity contribution in [2.45, 2.75) is 30.0 Å². The minimum atomic E-state index is -4.58. The van der Waals surface area contributed by atoms with Crippen molar-refractivity contribution >= 4 is 29.2 Å². The van der Waals surface area contributed by atoms with Gasteiger partial charge < -0.3 is 5.32 Å². The van der Waals surface area contributed by atoms with Crippen molar-refractivity contribution in [2.75, 3.05) is 18.4 Å². The number of hydrogen-bond acceptors (Lipinski definition) is 8. The minimum Gasteiger partial charge on any atom is -0.351 e. The van der Waals surface area contributed by atoms with Crippen molar-refractivity contribution in [1.82, 2.24) is 24.1 Å². The van der Waals surface area contributed by atoms with Crippen LogP contribution in [0.5, 0.6) is 0 Å². The molecule has 0 saturated carbocycles. The highest BCUT2D eigenvalue weighted by Gasteiger charge is 2.36. The molecule has 31 heavy (non-hydrogen) atoms. The first-order chi connectivity index (χ1) is 14.8. The minimum absolute atomic E-state index is 0.0633. The maximum Gasteiger partial charge on any atom is 0.420 e. The maximum atomic E-state index is 13.5. The number of anilines is 1. The van der Waals surface area contributed by atoms with Gasteiger partial charge in [-0.25, -0.2) is 14.3 Å². The average Bonchev–Trinajstić information content (AvgIpc) is 3.37. The van der Waals surface area contributed by atoms with Crippen molar-refractivity contribution in [3.05, 3.63) is 41.2 Å². The fourth-order valence-corrected chi connectivity index (χ4v) is 5.06. The van der Waals surface area contributed by atoms with E-state index in [2.05, 4.69) is 24.7 Å². The highest BCUT2D eigenvalue weighted by atomic mass is 32.2. The molecule has 12 heteroatoms. The fraction of sp³-hybridized carbons (Fsp3) is 0.368. The summed E-state index contributed by atoms with van der Waals surface area (Å²) in [7, 11) is 1.87. The molecule has 4 rings (SSSR count). The molecular weight excluding hydrogens is 447 g/mol. The van der Waals surface area contributed by atoms with E-state index < -0.39 is 11.7 Å². The van der Waals surface area contributed by atoms with Gasteiger partial charge in [-0.05, 0) is 30.9 Å². The summed E-state index contributed by atoms with van der Waals surface area (Å²) >= 11 is 2.70. The zero-order valence-electron chi connectivity index (χ0n) is 16.4. The molecule has 0 spiro atoms. The molecule has 1 aliphatic rings. The predicted molar refractivity (Wildman–Crippen MR) is 112 cm³/mol. The summed E-state index contributed by atoms with van der Waals surface area (Å²) in [5.74, 6) is 0.160. The lowest BCUT2D eigenvalue weighted by Gasteiger charge is -2.31. The number of thiophene rings is 1. The van der Waals surface area contributed by atoms with Gasteiger partial charge in [-0.1, -0.05) is 0 Å². The number of aromatic nitrogens is 4. The summed E-state index contributed by atoms with van der Waals surface area (Å²) in [5.41, 5.74) is -0.812. The Kier molecular flexibility index (Phi) is 6.17. The monoisotopic (exact) mass is 465 g/mol. The first-order valence-corrected chi connectivity index (χ1v) is 11.1. The van der Waals surface area contributed by atoms with Crippen LogP contribution in [0.1, 0.15) is 24.0 Å². The molecule has 1 fully saturated rings. The number of rotatable bonds is 5. The van der Waals surface area contributed by atoms with Gasteiger partial charge in [0.2, 0.25) is 5.95 Å². The molecule has 0 radical (unpaired) electrons. The number of nitrogens with zero attached hydrogens (tertiary/aromatic N) is 6. The summed E-state index contributed by atoms with van der Waals surface area (Å²) in [6.45, 7) is 1.64. The number of hydrogen-bond donors (Lipinski definition) is 1. The Morgan fingerprint density at radius 2 is 2.06 bits per heavy atom. The summed E-state index contributed by atoms with van der Waals surface area (Å²) in [6.07, 6.45) is 1.61. The van der Waals surface area contributed by atoms with E-state index in [0.717, 1.165) is 48.4 Å². The van der Waals surface area contributed by atoms with Gasteiger partial charge in [0.1, 0.15) is 11.6 Å². The van der Waals surface area contributed by atoms with E-state index in [1.807, 2.05) is 25.5 Å². The second-order valence-corrected chi connectivity index (χ2v) is 9.14. The molecule has 0 atom stereocenters. The maximum absolute atomic E-state index is 13.5. The summed E-state index contributed by atoms with van der Waals surface area (Å²) in [4.78, 5) is 9.43. The number of nitriles is 1. The number of nitrogens with one attached hydrogen (secondary N) is 1. The number of halogens is 3. The van der Waals surface area contributed by atoms with Gasteiger partial charge in [0, 0.05) is 44.0 Å². The molecule has 4 heterocycles. The van der Waals surface area contributed by atoms with Crippen LogP contribution in [-0.2, 0) is 13.2 Å². The van der Waals surface area contributed by atoms with E-state index in [1.165, 1.54) is 11.4 Å². The number of aryl methyl sites for hydroxylation is 1. The SMILES string of the molecule is Cn1cc(SN2CCC(Nc3ncc(C(F)(F)F)c(-c4cc(C#N)cs4)n3)CC2)cn1. The zero-order chi connectivity index (χ0) is 22.0. The molecule has 0 bridgehead atoms. The molecular formula is C19H18F3N7S2. The molecule has 0 aromatic carbocycles. The van der Waals surface area contributed by atoms with Crippen LogP contribution in [0.4, 0.5) is 19.1 Å². The molecule has 1 saturated heterocycles. The molecule has 1 N–H and O–H groups in total. The van der Waals surface area contributed by atoms with Crippen LogP contribution in [0.15, 0.2) is 34.9 Å². The summed E-state index contributed by atoms with van der Waals surface area (Å²) < 4.78 is 44.4. The van der Waals surface area contributed by atoms with Crippen LogP contribution in [0, 0.1) is 11.3 Å². The molecule has 3 aromatic rings. The van der Waals surface area contributed by atoms with E-state index in [0.29, 0.717) is 5.56 Å². The van der Waals surface area contributed by atoms with Crippen molar-refractivity contribution < 1.29 is 13.2 Å². The molecule has 7 nitrogen and oxygen atoms in total. The lowest BCUT2D eigenvalue weighted by molar-refractivity contribution is -0.137. The second-order valence-electron chi connectivity index (χ2n) is 7.05. The highest BCUT2D eigenvalue weighted by molar-refractivity contribution is 7.97. The first-order valence-electron chi connectivity index (χ1n) is 9.43. The Morgan fingerprint density at radius 3 is 2.68 bits per heavy atom. The van der Waals surface area contributed by atoms with E-state index in [1.54, 1.807) is 16.6 Å². The van der Waals surface area contributed by atoms with Crippen LogP contribution in [0.2, 0.25) is 0 Å². The lowest BCUT2D eigenvalue weighted by Crippen LogP contribution is -2.36. The van der Waals surface area contributed by atoms with Crippen LogP contribution >= 0.6 is 23.3 Å². The van der Waals surface area contributed by atoms with Crippen molar-refractivity contribution in [3.63, 3.8) is 0 Å². The highest BCUT2D eigenvalue weighted by Crippen LogP contribution is 2.38. The third-order valence-electron chi connectivity index (χ3n) is 4.76. The van der Waals surface area contributed by atoms with Crippen molar-refractivity contribution in [2.24, 2.45) is 7.05 Å². The van der Waals surface area contributed by atoms with Gasteiger partial charge in [-0.3, -0.25) is 4.68 Å². The van der Waals surface area contributed by atoms with Gasteiger partial charge in [-0.2, -0.15) is 23.5 Å². The van der Waals surface area contributed by atoms with E-state index in [-0.39, 0.29) is 22.6 Å². The Hall–Kier alpha value is -2.62. The lowest BCUT2D eigenvalue weighted by atomic mass is 10.1. The molecule has 0 amide bonds. The smallest absolute Gasteiger partial charge is 0.351 e. The molecule has 3 aromatic heterocycles. The van der Waals surface area contributed by atoms with Crippen LogP contribution in [0.3, 0.4) is 0 Å². The van der Waals surface area contributed by atoms with Crippen LogP contribution in [-0.4, -0.2) is 43.2 Å². The van der Waals surface area contributed by atoms with Crippen LogP contribution < -0.4 is 5.32 Å². The fourth-order valence-electron chi connectivity index (χ4n) is 3.23. The van der Waals surface area contributed by atoms with Gasteiger partial charge in [-0.15, -0.1) is 11.3 Å². The topological polar surface area (TPSA) is 82.7 Å². The van der Waals surface area contributed by atoms with E-state index in [9.17, 15) is 13.2 Å².